The largest absolute Gasteiger partial charge is 0.335 e. The zero-order valence-electron chi connectivity index (χ0n) is 14.0. The van der Waals surface area contributed by atoms with Crippen molar-refractivity contribution >= 4 is 0 Å². The van der Waals surface area contributed by atoms with Gasteiger partial charge in [-0.25, -0.2) is 4.98 Å². The Balaban J connectivity index is 2.12. The molecule has 2 heterocycles. The molecule has 0 saturated carbocycles. The Morgan fingerprint density at radius 3 is 2.86 bits per heavy atom. The summed E-state index contributed by atoms with van der Waals surface area (Å²) >= 11 is 0. The minimum Gasteiger partial charge on any atom is -0.335 e. The Bertz CT molecular complexity index is 417. The lowest BCUT2D eigenvalue weighted by Gasteiger charge is -2.35. The van der Waals surface area contributed by atoms with Crippen molar-refractivity contribution in [2.45, 2.75) is 45.3 Å². The van der Waals surface area contributed by atoms with Crippen molar-refractivity contribution in [1.29, 1.82) is 0 Å². The normalized spacial score (nSPS) is 23.1. The van der Waals surface area contributed by atoms with Crippen LogP contribution in [-0.4, -0.2) is 71.7 Å². The molecule has 2 atom stereocenters. The molecule has 1 aromatic rings. The molecule has 5 heteroatoms. The van der Waals surface area contributed by atoms with Gasteiger partial charge in [0.2, 0.25) is 0 Å². The molecule has 1 aliphatic heterocycles. The van der Waals surface area contributed by atoms with Gasteiger partial charge in [0.25, 0.3) is 0 Å². The van der Waals surface area contributed by atoms with Crippen LogP contribution in [0.1, 0.15) is 26.1 Å². The van der Waals surface area contributed by atoms with Gasteiger partial charge < -0.3 is 19.7 Å². The summed E-state index contributed by atoms with van der Waals surface area (Å²) in [5.74, 6) is 1.20. The van der Waals surface area contributed by atoms with Gasteiger partial charge in [-0.2, -0.15) is 0 Å². The van der Waals surface area contributed by atoms with Crippen molar-refractivity contribution in [3.05, 3.63) is 18.2 Å². The van der Waals surface area contributed by atoms with E-state index in [1.165, 1.54) is 25.3 Å². The number of aryl methyl sites for hydroxylation is 1. The van der Waals surface area contributed by atoms with Crippen LogP contribution in [0.3, 0.4) is 0 Å². The summed E-state index contributed by atoms with van der Waals surface area (Å²) in [4.78, 5) is 9.55. The number of imidazole rings is 1. The Morgan fingerprint density at radius 1 is 1.33 bits per heavy atom. The third-order valence-electron chi connectivity index (χ3n) is 4.59. The fourth-order valence-corrected chi connectivity index (χ4v) is 3.36. The van der Waals surface area contributed by atoms with Crippen LogP contribution in [0.4, 0.5) is 0 Å². The number of rotatable bonds is 6. The third-order valence-corrected chi connectivity index (χ3v) is 4.59. The molecule has 1 aliphatic rings. The first-order valence-electron chi connectivity index (χ1n) is 8.27. The zero-order valence-corrected chi connectivity index (χ0v) is 14.0. The molecule has 0 aliphatic carbocycles. The minimum absolute atomic E-state index is 0.452. The highest BCUT2D eigenvalue weighted by Crippen LogP contribution is 2.14. The molecule has 0 aromatic carbocycles. The second kappa shape index (κ2) is 7.92. The molecular weight excluding hydrogens is 262 g/mol. The smallest absolute Gasteiger partial charge is 0.110 e. The minimum atomic E-state index is 0.452. The molecule has 1 aromatic heterocycles. The summed E-state index contributed by atoms with van der Waals surface area (Å²) in [7, 11) is 4.50. The van der Waals surface area contributed by atoms with E-state index in [9.17, 15) is 0 Å². The van der Waals surface area contributed by atoms with Crippen molar-refractivity contribution in [1.82, 2.24) is 24.7 Å². The maximum Gasteiger partial charge on any atom is 0.110 e. The predicted octanol–water partition coefficient (Wildman–Crippen LogP) is 1.06. The molecule has 0 amide bonds. The zero-order chi connectivity index (χ0) is 15.2. The Morgan fingerprint density at radius 2 is 2.14 bits per heavy atom. The number of hydrogen-bond donors (Lipinski definition) is 1. The predicted molar refractivity (Wildman–Crippen MR) is 87.6 cm³/mol. The van der Waals surface area contributed by atoms with Crippen LogP contribution in [0.15, 0.2) is 12.4 Å². The fraction of sp³-hybridized carbons (Fsp3) is 0.812. The van der Waals surface area contributed by atoms with E-state index in [1.807, 2.05) is 6.20 Å². The molecular formula is C16H31N5. The molecule has 2 unspecified atom stereocenters. The number of likely N-dealkylation sites (N-methyl/N-ethyl adjacent to an activating group) is 3. The van der Waals surface area contributed by atoms with E-state index < -0.39 is 0 Å². The molecule has 2 rings (SSSR count). The van der Waals surface area contributed by atoms with E-state index >= 15 is 0 Å². The maximum absolute atomic E-state index is 4.56. The van der Waals surface area contributed by atoms with Gasteiger partial charge in [-0.05, 0) is 47.1 Å². The van der Waals surface area contributed by atoms with Crippen LogP contribution in [0.2, 0.25) is 0 Å². The van der Waals surface area contributed by atoms with Gasteiger partial charge in [0.05, 0.1) is 0 Å². The second-order valence-corrected chi connectivity index (χ2v) is 6.16. The van der Waals surface area contributed by atoms with Gasteiger partial charge in [0, 0.05) is 44.0 Å². The van der Waals surface area contributed by atoms with Crippen molar-refractivity contribution in [2.75, 3.05) is 40.3 Å². The molecule has 0 spiro atoms. The number of nitrogens with zero attached hydrogens (tertiary/aromatic N) is 4. The quantitative estimate of drug-likeness (QED) is 0.851. The summed E-state index contributed by atoms with van der Waals surface area (Å²) in [5.41, 5.74) is 0. The van der Waals surface area contributed by atoms with E-state index in [0.29, 0.717) is 12.1 Å². The summed E-state index contributed by atoms with van der Waals surface area (Å²) in [6, 6.07) is 0.993. The van der Waals surface area contributed by atoms with Crippen LogP contribution in [0, 0.1) is 0 Å². The first-order valence-corrected chi connectivity index (χ1v) is 8.27. The van der Waals surface area contributed by atoms with E-state index in [0.717, 1.165) is 26.1 Å². The lowest BCUT2D eigenvalue weighted by molar-refractivity contribution is 0.176. The Hall–Kier alpha value is -0.910. The van der Waals surface area contributed by atoms with Crippen LogP contribution >= 0.6 is 0 Å². The molecule has 1 saturated heterocycles. The molecule has 1 fully saturated rings. The van der Waals surface area contributed by atoms with Gasteiger partial charge >= 0.3 is 0 Å². The van der Waals surface area contributed by atoms with Crippen LogP contribution in [0.5, 0.6) is 0 Å². The van der Waals surface area contributed by atoms with Crippen LogP contribution < -0.4 is 5.32 Å². The lowest BCUT2D eigenvalue weighted by Crippen LogP contribution is -2.53. The van der Waals surface area contributed by atoms with E-state index in [1.54, 1.807) is 0 Å². The standard InChI is InChI=1S/C16H31N5/c1-5-17-14(12-16-18-8-11-21(16)6-2)15-13-19(3)9-7-10-20(15)4/h8,11,14-15,17H,5-7,9-10,12-13H2,1-4H3. The number of aromatic nitrogens is 2. The monoisotopic (exact) mass is 293 g/mol. The van der Waals surface area contributed by atoms with E-state index in [2.05, 4.69) is 58.8 Å². The molecule has 21 heavy (non-hydrogen) atoms. The van der Waals surface area contributed by atoms with Gasteiger partial charge in [-0.1, -0.05) is 6.92 Å². The fourth-order valence-electron chi connectivity index (χ4n) is 3.36. The van der Waals surface area contributed by atoms with Gasteiger partial charge in [-0.15, -0.1) is 0 Å². The third kappa shape index (κ3) is 4.28. The van der Waals surface area contributed by atoms with Gasteiger partial charge in [-0.3, -0.25) is 0 Å². The van der Waals surface area contributed by atoms with Crippen molar-refractivity contribution in [2.24, 2.45) is 0 Å². The van der Waals surface area contributed by atoms with E-state index in [4.69, 9.17) is 0 Å². The average Bonchev–Trinajstić information content (AvgIpc) is 2.84. The van der Waals surface area contributed by atoms with Crippen molar-refractivity contribution in [3.63, 3.8) is 0 Å². The molecule has 120 valence electrons. The summed E-state index contributed by atoms with van der Waals surface area (Å²) < 4.78 is 2.25. The number of hydrogen-bond acceptors (Lipinski definition) is 4. The molecule has 1 N–H and O–H groups in total. The van der Waals surface area contributed by atoms with Gasteiger partial charge in [0.15, 0.2) is 0 Å². The Kier molecular flexibility index (Phi) is 6.21. The highest BCUT2D eigenvalue weighted by atomic mass is 15.2. The maximum atomic E-state index is 4.56. The molecule has 0 radical (unpaired) electrons. The highest BCUT2D eigenvalue weighted by molar-refractivity contribution is 4.99. The Labute approximate surface area is 129 Å². The highest BCUT2D eigenvalue weighted by Gasteiger charge is 2.29. The van der Waals surface area contributed by atoms with Crippen LogP contribution in [-0.2, 0) is 13.0 Å². The average molecular weight is 293 g/mol. The first kappa shape index (κ1) is 16.5. The second-order valence-electron chi connectivity index (χ2n) is 6.16. The SMILES string of the molecule is CCNC(Cc1nccn1CC)C1CN(C)CCCN1C. The molecule has 5 nitrogen and oxygen atoms in total. The lowest BCUT2D eigenvalue weighted by atomic mass is 10.0. The number of nitrogens with one attached hydrogen (secondary N) is 1. The van der Waals surface area contributed by atoms with Gasteiger partial charge in [0.1, 0.15) is 5.82 Å². The topological polar surface area (TPSA) is 36.3 Å². The summed E-state index contributed by atoms with van der Waals surface area (Å²) in [6.07, 6.45) is 6.26. The molecule has 0 bridgehead atoms. The summed E-state index contributed by atoms with van der Waals surface area (Å²) in [5, 5.41) is 3.70. The van der Waals surface area contributed by atoms with E-state index in [-0.39, 0.29) is 0 Å². The summed E-state index contributed by atoms with van der Waals surface area (Å²) in [6.45, 7) is 9.88. The van der Waals surface area contributed by atoms with Crippen molar-refractivity contribution < 1.29 is 0 Å². The van der Waals surface area contributed by atoms with Crippen molar-refractivity contribution in [3.8, 4) is 0 Å². The van der Waals surface area contributed by atoms with Crippen LogP contribution in [0.25, 0.3) is 0 Å². The first-order chi connectivity index (χ1) is 10.2.